The van der Waals surface area contributed by atoms with Gasteiger partial charge in [-0.15, -0.1) is 0 Å². The highest BCUT2D eigenvalue weighted by atomic mass is 15.1. The molecule has 1 heteroatoms. The van der Waals surface area contributed by atoms with Crippen molar-refractivity contribution in [3.05, 3.63) is 143 Å². The van der Waals surface area contributed by atoms with Crippen molar-refractivity contribution in [3.8, 4) is 0 Å². The zero-order valence-electron chi connectivity index (χ0n) is 21.1. The van der Waals surface area contributed by atoms with E-state index in [4.69, 9.17) is 0 Å². The van der Waals surface area contributed by atoms with Crippen molar-refractivity contribution in [2.45, 2.75) is 27.7 Å². The monoisotopic (exact) mass is 455 g/mol. The Hall–Kier alpha value is -4.10. The van der Waals surface area contributed by atoms with Gasteiger partial charge in [0.25, 0.3) is 0 Å². The predicted molar refractivity (Wildman–Crippen MR) is 154 cm³/mol. The number of benzene rings is 4. The van der Waals surface area contributed by atoms with E-state index in [0.717, 1.165) is 11.4 Å². The van der Waals surface area contributed by atoms with Gasteiger partial charge in [-0.3, -0.25) is 0 Å². The maximum absolute atomic E-state index is 2.25. The summed E-state index contributed by atoms with van der Waals surface area (Å²) in [6, 6.07) is 38.5. The second-order valence-corrected chi connectivity index (χ2v) is 9.15. The van der Waals surface area contributed by atoms with Crippen LogP contribution in [0, 0.1) is 0 Å². The molecule has 0 amide bonds. The van der Waals surface area contributed by atoms with Gasteiger partial charge in [-0.25, -0.2) is 0 Å². The van der Waals surface area contributed by atoms with Crippen LogP contribution in [0.15, 0.2) is 121 Å². The minimum absolute atomic E-state index is 1.14. The molecule has 0 fully saturated rings. The first-order chi connectivity index (χ1) is 17.0. The number of hydrogen-bond donors (Lipinski definition) is 0. The molecule has 4 aromatic carbocycles. The van der Waals surface area contributed by atoms with Crippen molar-refractivity contribution in [1.82, 2.24) is 0 Å². The minimum Gasteiger partial charge on any atom is -0.317 e. The molecule has 0 atom stereocenters. The van der Waals surface area contributed by atoms with Gasteiger partial charge in [0.15, 0.2) is 0 Å². The van der Waals surface area contributed by atoms with Crippen LogP contribution in [0.3, 0.4) is 0 Å². The van der Waals surface area contributed by atoms with E-state index in [-0.39, 0.29) is 0 Å². The lowest BCUT2D eigenvalue weighted by Gasteiger charge is -2.22. The first kappa shape index (κ1) is 24.0. The summed E-state index contributed by atoms with van der Waals surface area (Å²) in [6.07, 6.45) is 6.67. The summed E-state index contributed by atoms with van der Waals surface area (Å²) in [6.45, 7) is 8.59. The lowest BCUT2D eigenvalue weighted by Crippen LogP contribution is -2.09. The van der Waals surface area contributed by atoms with Crippen molar-refractivity contribution < 1.29 is 0 Å². The van der Waals surface area contributed by atoms with E-state index in [2.05, 4.69) is 160 Å². The fraction of sp³-hybridized carbons (Fsp3) is 0.118. The molecule has 1 nitrogen and oxygen atoms in total. The van der Waals surface area contributed by atoms with Crippen LogP contribution in [0.4, 0.5) is 11.4 Å². The average Bonchev–Trinajstić information content (AvgIpc) is 2.89. The van der Waals surface area contributed by atoms with Gasteiger partial charge in [0, 0.05) is 17.6 Å². The maximum Gasteiger partial charge on any atom is 0.0455 e. The Morgan fingerprint density at radius 1 is 0.486 bits per heavy atom. The normalized spacial score (nSPS) is 11.8. The summed E-state index contributed by atoms with van der Waals surface area (Å²) in [5.41, 5.74) is 10.9. The number of rotatable bonds is 7. The van der Waals surface area contributed by atoms with Crippen LogP contribution in [-0.4, -0.2) is 0 Å². The molecule has 35 heavy (non-hydrogen) atoms. The number of hydrogen-bond acceptors (Lipinski definition) is 1. The summed E-state index contributed by atoms with van der Waals surface area (Å²) in [4.78, 5) is 2.25. The average molecular weight is 456 g/mol. The lowest BCUT2D eigenvalue weighted by atomic mass is 10.0. The number of anilines is 2. The zero-order chi connectivity index (χ0) is 24.6. The third kappa shape index (κ3) is 6.49. The van der Waals surface area contributed by atoms with Crippen molar-refractivity contribution in [1.29, 1.82) is 0 Å². The molecule has 0 aliphatic heterocycles. The standard InChI is InChI=1S/C34H33N/c1-26(2)25-35(33-19-15-29(16-20-33)23-27(3)31-11-7-5-8-12-31)34-21-17-30(18-22-34)24-28(4)32-13-9-6-10-14-32/h5-25H,1-4H3/b27-23+,28-24+. The van der Waals surface area contributed by atoms with E-state index in [1.165, 1.54) is 39.0 Å². The molecule has 0 saturated heterocycles. The Morgan fingerprint density at radius 3 is 1.20 bits per heavy atom. The van der Waals surface area contributed by atoms with Gasteiger partial charge in [0.2, 0.25) is 0 Å². The van der Waals surface area contributed by atoms with Gasteiger partial charge >= 0.3 is 0 Å². The molecular formula is C34H33N. The highest BCUT2D eigenvalue weighted by molar-refractivity contribution is 5.82. The fourth-order valence-corrected chi connectivity index (χ4v) is 4.09. The Labute approximate surface area is 210 Å². The third-order valence-electron chi connectivity index (χ3n) is 5.95. The SMILES string of the molecule is CC(C)=CN(c1ccc(/C=C(\C)c2ccccc2)cc1)c1ccc(/C=C(\C)c2ccccc2)cc1. The van der Waals surface area contributed by atoms with Gasteiger partial charge < -0.3 is 4.90 Å². The highest BCUT2D eigenvalue weighted by Crippen LogP contribution is 2.29. The Bertz CT molecular complexity index is 1220. The van der Waals surface area contributed by atoms with Crippen molar-refractivity contribution >= 4 is 34.7 Å². The second kappa shape index (κ2) is 11.4. The van der Waals surface area contributed by atoms with Crippen LogP contribution in [0.5, 0.6) is 0 Å². The highest BCUT2D eigenvalue weighted by Gasteiger charge is 2.08. The van der Waals surface area contributed by atoms with Crippen LogP contribution >= 0.6 is 0 Å². The van der Waals surface area contributed by atoms with E-state index in [1.807, 2.05) is 0 Å². The summed E-state index contributed by atoms with van der Waals surface area (Å²) in [7, 11) is 0. The zero-order valence-corrected chi connectivity index (χ0v) is 21.1. The first-order valence-corrected chi connectivity index (χ1v) is 12.1. The van der Waals surface area contributed by atoms with Gasteiger partial charge in [-0.1, -0.05) is 103 Å². The van der Waals surface area contributed by atoms with Gasteiger partial charge in [-0.2, -0.15) is 0 Å². The second-order valence-electron chi connectivity index (χ2n) is 9.15. The van der Waals surface area contributed by atoms with Crippen LogP contribution < -0.4 is 4.90 Å². The van der Waals surface area contributed by atoms with E-state index in [9.17, 15) is 0 Å². The van der Waals surface area contributed by atoms with Crippen molar-refractivity contribution in [2.24, 2.45) is 0 Å². The summed E-state index contributed by atoms with van der Waals surface area (Å²) in [5.74, 6) is 0. The third-order valence-corrected chi connectivity index (χ3v) is 5.95. The molecule has 0 saturated carbocycles. The predicted octanol–water partition coefficient (Wildman–Crippen LogP) is 9.87. The smallest absolute Gasteiger partial charge is 0.0455 e. The fourth-order valence-electron chi connectivity index (χ4n) is 4.09. The van der Waals surface area contributed by atoms with Gasteiger partial charge in [0.05, 0.1) is 0 Å². The molecule has 174 valence electrons. The molecule has 0 heterocycles. The Morgan fingerprint density at radius 2 is 0.857 bits per heavy atom. The lowest BCUT2D eigenvalue weighted by molar-refractivity contribution is 1.22. The quantitative estimate of drug-likeness (QED) is 0.251. The van der Waals surface area contributed by atoms with E-state index >= 15 is 0 Å². The van der Waals surface area contributed by atoms with Crippen molar-refractivity contribution in [2.75, 3.05) is 4.90 Å². The first-order valence-electron chi connectivity index (χ1n) is 12.1. The van der Waals surface area contributed by atoms with E-state index < -0.39 is 0 Å². The summed E-state index contributed by atoms with van der Waals surface area (Å²) >= 11 is 0. The van der Waals surface area contributed by atoms with Crippen molar-refractivity contribution in [3.63, 3.8) is 0 Å². The molecule has 0 aliphatic rings. The molecule has 4 aromatic rings. The molecule has 0 aliphatic carbocycles. The molecule has 0 N–H and O–H groups in total. The number of nitrogens with zero attached hydrogens (tertiary/aromatic N) is 1. The molecule has 0 spiro atoms. The maximum atomic E-state index is 2.25. The van der Waals surface area contributed by atoms with Crippen LogP contribution in [0.1, 0.15) is 49.9 Å². The largest absolute Gasteiger partial charge is 0.317 e. The molecule has 4 rings (SSSR count). The molecule has 0 radical (unpaired) electrons. The molecule has 0 unspecified atom stereocenters. The topological polar surface area (TPSA) is 3.24 Å². The Balaban J connectivity index is 1.57. The molecule has 0 aromatic heterocycles. The molecule has 0 bridgehead atoms. The summed E-state index contributed by atoms with van der Waals surface area (Å²) < 4.78 is 0. The van der Waals surface area contributed by atoms with Crippen LogP contribution in [-0.2, 0) is 0 Å². The summed E-state index contributed by atoms with van der Waals surface area (Å²) in [5, 5.41) is 0. The minimum atomic E-state index is 1.14. The van der Waals surface area contributed by atoms with Crippen LogP contribution in [0.25, 0.3) is 23.3 Å². The molecular weight excluding hydrogens is 422 g/mol. The van der Waals surface area contributed by atoms with Crippen LogP contribution in [0.2, 0.25) is 0 Å². The van der Waals surface area contributed by atoms with Gasteiger partial charge in [-0.05, 0) is 85.4 Å². The van der Waals surface area contributed by atoms with Gasteiger partial charge in [0.1, 0.15) is 0 Å². The van der Waals surface area contributed by atoms with E-state index in [0.29, 0.717) is 0 Å². The number of allylic oxidation sites excluding steroid dienone is 3. The Kier molecular flexibility index (Phi) is 7.80. The van der Waals surface area contributed by atoms with E-state index in [1.54, 1.807) is 0 Å².